The third-order valence-electron chi connectivity index (χ3n) is 6.34. The van der Waals surface area contributed by atoms with Crippen molar-refractivity contribution in [2.45, 2.75) is 58.5 Å². The minimum atomic E-state index is -0.922. The number of Topliss-reactive ketones (excluding diaryl/α,β-unsaturated/α-hetero) is 1. The number of rotatable bonds is 7. The maximum absolute atomic E-state index is 12.9. The molecule has 2 aliphatic rings. The van der Waals surface area contributed by atoms with Crippen molar-refractivity contribution in [1.82, 2.24) is 14.8 Å². The minimum absolute atomic E-state index is 0.0103. The Kier molecular flexibility index (Phi) is 6.14. The Hall–Kier alpha value is -2.90. The summed E-state index contributed by atoms with van der Waals surface area (Å²) in [6, 6.07) is 1.17. The summed E-state index contributed by atoms with van der Waals surface area (Å²) >= 11 is 0. The number of aromatic nitrogens is 1. The lowest BCUT2D eigenvalue weighted by atomic mass is 9.73. The number of nitrogens with zero attached hydrogens (tertiary/aromatic N) is 2. The molecule has 1 aliphatic carbocycles. The second kappa shape index (κ2) is 8.45. The van der Waals surface area contributed by atoms with Gasteiger partial charge in [0.05, 0.1) is 0 Å². The molecule has 1 spiro atoms. The van der Waals surface area contributed by atoms with Crippen molar-refractivity contribution in [2.75, 3.05) is 13.2 Å². The lowest BCUT2D eigenvalue weighted by Crippen LogP contribution is -2.54. The van der Waals surface area contributed by atoms with Gasteiger partial charge in [-0.3, -0.25) is 19.3 Å². The van der Waals surface area contributed by atoms with E-state index >= 15 is 0 Å². The zero-order valence-electron chi connectivity index (χ0n) is 17.8. The lowest BCUT2D eigenvalue weighted by molar-refractivity contribution is -0.147. The van der Waals surface area contributed by atoms with Crippen LogP contribution in [-0.4, -0.2) is 51.8 Å². The first-order valence-electron chi connectivity index (χ1n) is 10.3. The molecule has 3 amide bonds. The lowest BCUT2D eigenvalue weighted by Gasteiger charge is -2.36. The number of imide groups is 1. The molecule has 1 N–H and O–H groups in total. The molecule has 162 valence electrons. The smallest absolute Gasteiger partial charge is 0.326 e. The van der Waals surface area contributed by atoms with E-state index in [9.17, 15) is 19.2 Å². The molecule has 2 atom stereocenters. The number of carbonyl (C=O) groups excluding carboxylic acids is 4. The second-order valence-electron chi connectivity index (χ2n) is 8.21. The van der Waals surface area contributed by atoms with Gasteiger partial charge in [0.2, 0.25) is 5.78 Å². The predicted octanol–water partition coefficient (Wildman–Crippen LogP) is 2.52. The highest BCUT2D eigenvalue weighted by atomic mass is 16.5. The number of carbonyl (C=O) groups is 4. The van der Waals surface area contributed by atoms with Crippen molar-refractivity contribution < 1.29 is 23.9 Å². The predicted molar refractivity (Wildman–Crippen MR) is 110 cm³/mol. The summed E-state index contributed by atoms with van der Waals surface area (Å²) in [5, 5.41) is 2.80. The van der Waals surface area contributed by atoms with Crippen LogP contribution in [0.4, 0.5) is 4.79 Å². The first-order chi connectivity index (χ1) is 14.2. The van der Waals surface area contributed by atoms with Crippen LogP contribution >= 0.6 is 0 Å². The van der Waals surface area contributed by atoms with Crippen molar-refractivity contribution in [1.29, 1.82) is 0 Å². The minimum Gasteiger partial charge on any atom is -0.456 e. The molecule has 8 heteroatoms. The highest BCUT2D eigenvalue weighted by Crippen LogP contribution is 2.38. The molecule has 2 heterocycles. The first kappa shape index (κ1) is 21.8. The van der Waals surface area contributed by atoms with Gasteiger partial charge in [0.25, 0.3) is 5.91 Å². The molecular formula is C22H29N3O5. The fourth-order valence-corrected chi connectivity index (χ4v) is 4.53. The molecule has 0 radical (unpaired) electrons. The normalized spacial score (nSPS) is 23.6. The van der Waals surface area contributed by atoms with Gasteiger partial charge in [-0.15, -0.1) is 6.58 Å². The maximum atomic E-state index is 12.9. The number of amides is 3. The quantitative estimate of drug-likeness (QED) is 0.319. The summed E-state index contributed by atoms with van der Waals surface area (Å²) in [7, 11) is 0. The molecule has 3 rings (SSSR count). The van der Waals surface area contributed by atoms with Crippen LogP contribution in [0.2, 0.25) is 0 Å². The van der Waals surface area contributed by atoms with Crippen LogP contribution < -0.4 is 5.32 Å². The summed E-state index contributed by atoms with van der Waals surface area (Å²) in [6.07, 6.45) is 5.04. The summed E-state index contributed by atoms with van der Waals surface area (Å²) < 4.78 is 7.04. The van der Waals surface area contributed by atoms with Crippen molar-refractivity contribution in [3.63, 3.8) is 0 Å². The molecule has 2 fully saturated rings. The fraction of sp³-hybridized carbons (Fsp3) is 0.545. The summed E-state index contributed by atoms with van der Waals surface area (Å²) in [5.74, 6) is -1.49. The molecule has 0 unspecified atom stereocenters. The van der Waals surface area contributed by atoms with Crippen molar-refractivity contribution in [3.8, 4) is 0 Å². The van der Waals surface area contributed by atoms with Crippen molar-refractivity contribution in [2.24, 2.45) is 5.92 Å². The third-order valence-corrected chi connectivity index (χ3v) is 6.34. The molecular weight excluding hydrogens is 386 g/mol. The molecule has 1 aliphatic heterocycles. The van der Waals surface area contributed by atoms with Gasteiger partial charge in [0.15, 0.2) is 6.61 Å². The van der Waals surface area contributed by atoms with Crippen LogP contribution in [-0.2, 0) is 20.9 Å². The average Bonchev–Trinajstić information content (AvgIpc) is 3.12. The van der Waals surface area contributed by atoms with Gasteiger partial charge in [0, 0.05) is 23.5 Å². The average molecular weight is 415 g/mol. The van der Waals surface area contributed by atoms with Gasteiger partial charge in [-0.1, -0.05) is 25.8 Å². The SMILES string of the molecule is C=CCn1c(C)cc(C(=O)COC(=O)CN2C(=O)N[C@@]3(CCCC[C@H]3C)C2=O)c1C. The third kappa shape index (κ3) is 3.78. The zero-order chi connectivity index (χ0) is 22.1. The van der Waals surface area contributed by atoms with E-state index in [-0.39, 0.29) is 17.6 Å². The zero-order valence-corrected chi connectivity index (χ0v) is 17.8. The van der Waals surface area contributed by atoms with E-state index in [4.69, 9.17) is 4.74 Å². The van der Waals surface area contributed by atoms with E-state index in [1.807, 2.05) is 25.3 Å². The van der Waals surface area contributed by atoms with Gasteiger partial charge in [0.1, 0.15) is 12.1 Å². The number of hydrogen-bond donors (Lipinski definition) is 1. The van der Waals surface area contributed by atoms with E-state index in [1.54, 1.807) is 12.1 Å². The maximum Gasteiger partial charge on any atom is 0.326 e. The number of allylic oxidation sites excluding steroid dienone is 1. The number of urea groups is 1. The van der Waals surface area contributed by atoms with E-state index in [0.717, 1.165) is 35.6 Å². The number of aryl methyl sites for hydroxylation is 1. The molecule has 0 aromatic carbocycles. The summed E-state index contributed by atoms with van der Waals surface area (Å²) in [6.45, 7) is 9.01. The number of nitrogens with one attached hydrogen (secondary N) is 1. The van der Waals surface area contributed by atoms with Crippen molar-refractivity contribution >= 4 is 23.7 Å². The Morgan fingerprint density at radius 3 is 2.73 bits per heavy atom. The van der Waals surface area contributed by atoms with Gasteiger partial charge in [-0.05, 0) is 38.7 Å². The Morgan fingerprint density at radius 2 is 2.07 bits per heavy atom. The molecule has 0 bridgehead atoms. The Bertz CT molecular complexity index is 903. The number of ketones is 1. The van der Waals surface area contributed by atoms with Crippen LogP contribution in [0, 0.1) is 19.8 Å². The van der Waals surface area contributed by atoms with E-state index in [2.05, 4.69) is 11.9 Å². The Balaban J connectivity index is 1.60. The number of ether oxygens (including phenoxy) is 1. The Morgan fingerprint density at radius 1 is 1.33 bits per heavy atom. The van der Waals surface area contributed by atoms with Crippen LogP contribution in [0.1, 0.15) is 54.4 Å². The highest BCUT2D eigenvalue weighted by Gasteiger charge is 2.55. The standard InChI is InChI=1S/C22H29N3O5/c1-5-10-24-15(3)11-17(16(24)4)18(26)13-30-19(27)12-25-20(28)22(23-21(25)29)9-7-6-8-14(22)2/h5,11,14H,1,6-10,12-13H2,2-4H3,(H,23,29)/t14-,22-/m1/s1. The summed E-state index contributed by atoms with van der Waals surface area (Å²) in [4.78, 5) is 50.9. The highest BCUT2D eigenvalue weighted by molar-refractivity contribution is 6.09. The topological polar surface area (TPSA) is 97.7 Å². The summed E-state index contributed by atoms with van der Waals surface area (Å²) in [5.41, 5.74) is 1.24. The fourth-order valence-electron chi connectivity index (χ4n) is 4.53. The first-order valence-corrected chi connectivity index (χ1v) is 10.3. The van der Waals surface area contributed by atoms with Crippen LogP contribution in [0.3, 0.4) is 0 Å². The monoisotopic (exact) mass is 415 g/mol. The van der Waals surface area contributed by atoms with E-state index < -0.39 is 30.7 Å². The number of esters is 1. The Labute approximate surface area is 176 Å². The molecule has 1 saturated heterocycles. The van der Waals surface area contributed by atoms with Crippen LogP contribution in [0.5, 0.6) is 0 Å². The molecule has 1 saturated carbocycles. The molecule has 30 heavy (non-hydrogen) atoms. The van der Waals surface area contributed by atoms with Gasteiger partial charge >= 0.3 is 12.0 Å². The molecule has 1 aromatic rings. The van der Waals surface area contributed by atoms with Crippen LogP contribution in [0.25, 0.3) is 0 Å². The largest absolute Gasteiger partial charge is 0.456 e. The van der Waals surface area contributed by atoms with Crippen molar-refractivity contribution in [3.05, 3.63) is 35.7 Å². The van der Waals surface area contributed by atoms with E-state index in [0.29, 0.717) is 18.5 Å². The van der Waals surface area contributed by atoms with Crippen LogP contribution in [0.15, 0.2) is 18.7 Å². The number of hydrogen-bond acceptors (Lipinski definition) is 5. The van der Waals surface area contributed by atoms with Gasteiger partial charge in [-0.25, -0.2) is 4.79 Å². The molecule has 1 aromatic heterocycles. The van der Waals surface area contributed by atoms with E-state index in [1.165, 1.54) is 0 Å². The second-order valence-corrected chi connectivity index (χ2v) is 8.21. The van der Waals surface area contributed by atoms with Gasteiger partial charge < -0.3 is 14.6 Å². The van der Waals surface area contributed by atoms with Gasteiger partial charge in [-0.2, -0.15) is 0 Å². The molecule has 8 nitrogen and oxygen atoms in total.